The van der Waals surface area contributed by atoms with Gasteiger partial charge in [0.25, 0.3) is 0 Å². The summed E-state index contributed by atoms with van der Waals surface area (Å²) in [5, 5.41) is 0. The van der Waals surface area contributed by atoms with Gasteiger partial charge in [-0.05, 0) is 33.6 Å². The second-order valence-corrected chi connectivity index (χ2v) is 3.27. The molecular formula is C11H18O. The Balaban J connectivity index is 3.68. The third-order valence-electron chi connectivity index (χ3n) is 1.65. The van der Waals surface area contributed by atoms with Crippen molar-refractivity contribution in [3.8, 4) is 0 Å². The molecule has 0 aliphatic heterocycles. The maximum Gasteiger partial charge on any atom is 0.120 e. The van der Waals surface area contributed by atoms with Crippen molar-refractivity contribution >= 4 is 6.29 Å². The molecule has 0 bridgehead atoms. The molecule has 0 spiro atoms. The van der Waals surface area contributed by atoms with E-state index in [4.69, 9.17) is 0 Å². The molecule has 12 heavy (non-hydrogen) atoms. The lowest BCUT2D eigenvalue weighted by molar-refractivity contribution is -0.107. The first kappa shape index (κ1) is 11.2. The fourth-order valence-electron chi connectivity index (χ4n) is 0.884. The Bertz CT molecular complexity index is 183. The highest BCUT2D eigenvalue weighted by Crippen LogP contribution is 2.04. The largest absolute Gasteiger partial charge is 0.303 e. The third kappa shape index (κ3) is 7.26. The van der Waals surface area contributed by atoms with Crippen LogP contribution in [0.15, 0.2) is 23.3 Å². The van der Waals surface area contributed by atoms with Crippen LogP contribution in [0.3, 0.4) is 0 Å². The average molecular weight is 166 g/mol. The number of rotatable bonds is 5. The van der Waals surface area contributed by atoms with Gasteiger partial charge in [0.1, 0.15) is 6.29 Å². The molecule has 0 radical (unpaired) electrons. The van der Waals surface area contributed by atoms with Crippen LogP contribution in [0.25, 0.3) is 0 Å². The minimum Gasteiger partial charge on any atom is -0.303 e. The second-order valence-electron chi connectivity index (χ2n) is 3.27. The first-order valence-corrected chi connectivity index (χ1v) is 4.39. The molecule has 1 nitrogen and oxygen atoms in total. The van der Waals surface area contributed by atoms with Crippen LogP contribution >= 0.6 is 0 Å². The molecule has 0 fully saturated rings. The molecule has 0 saturated carbocycles. The third-order valence-corrected chi connectivity index (χ3v) is 1.65. The summed E-state index contributed by atoms with van der Waals surface area (Å²) < 4.78 is 0. The fraction of sp³-hybridized carbons (Fsp3) is 0.545. The molecule has 0 unspecified atom stereocenters. The molecule has 0 heterocycles. The molecule has 0 rings (SSSR count). The highest BCUT2D eigenvalue weighted by Gasteiger charge is 1.87. The molecule has 0 aliphatic carbocycles. The lowest BCUT2D eigenvalue weighted by Crippen LogP contribution is -1.79. The Morgan fingerprint density at radius 1 is 1.17 bits per heavy atom. The molecule has 0 atom stereocenters. The van der Waals surface area contributed by atoms with Gasteiger partial charge in [0, 0.05) is 6.42 Å². The number of allylic oxidation sites excluding steroid dienone is 4. The van der Waals surface area contributed by atoms with Gasteiger partial charge in [-0.25, -0.2) is 0 Å². The molecule has 0 saturated heterocycles. The zero-order valence-electron chi connectivity index (χ0n) is 8.26. The number of carbonyl (C=O) groups excluding carboxylic acids is 1. The second kappa shape index (κ2) is 6.84. The van der Waals surface area contributed by atoms with Gasteiger partial charge in [0.05, 0.1) is 0 Å². The van der Waals surface area contributed by atoms with E-state index in [1.54, 1.807) is 0 Å². The van der Waals surface area contributed by atoms with Gasteiger partial charge in [0.15, 0.2) is 0 Å². The van der Waals surface area contributed by atoms with Gasteiger partial charge in [-0.1, -0.05) is 23.3 Å². The minimum absolute atomic E-state index is 0.650. The number of carbonyl (C=O) groups is 1. The Morgan fingerprint density at radius 2 is 1.83 bits per heavy atom. The summed E-state index contributed by atoms with van der Waals surface area (Å²) in [5.41, 5.74) is 2.65. The van der Waals surface area contributed by atoms with Crippen molar-refractivity contribution in [2.24, 2.45) is 0 Å². The standard InChI is InChI=1S/C11H18O/c1-10(2)6-4-7-11(3)8-5-9-12/h6-7,9H,4-5,8H2,1-3H3. The van der Waals surface area contributed by atoms with Crippen molar-refractivity contribution in [2.45, 2.75) is 40.0 Å². The molecular weight excluding hydrogens is 148 g/mol. The van der Waals surface area contributed by atoms with Crippen LogP contribution < -0.4 is 0 Å². The Morgan fingerprint density at radius 3 is 2.33 bits per heavy atom. The molecule has 0 aromatic rings. The molecule has 0 aliphatic rings. The van der Waals surface area contributed by atoms with Crippen LogP contribution in [0, 0.1) is 0 Å². The first-order chi connectivity index (χ1) is 5.66. The predicted molar refractivity (Wildman–Crippen MR) is 53.1 cm³/mol. The Kier molecular flexibility index (Phi) is 6.35. The average Bonchev–Trinajstić information content (AvgIpc) is 2.00. The number of hydrogen-bond acceptors (Lipinski definition) is 1. The van der Waals surface area contributed by atoms with Crippen LogP contribution in [0.4, 0.5) is 0 Å². The normalized spacial score (nSPS) is 11.1. The molecule has 0 aromatic carbocycles. The maximum atomic E-state index is 10.1. The summed E-state index contributed by atoms with van der Waals surface area (Å²) in [4.78, 5) is 10.1. The van der Waals surface area contributed by atoms with Crippen LogP contribution in [0.5, 0.6) is 0 Å². The van der Waals surface area contributed by atoms with Gasteiger partial charge >= 0.3 is 0 Å². The summed E-state index contributed by atoms with van der Waals surface area (Å²) in [6.45, 7) is 6.26. The monoisotopic (exact) mass is 166 g/mol. The summed E-state index contributed by atoms with van der Waals surface area (Å²) >= 11 is 0. The quantitative estimate of drug-likeness (QED) is 0.452. The van der Waals surface area contributed by atoms with Crippen LogP contribution in [-0.4, -0.2) is 6.29 Å². The summed E-state index contributed by atoms with van der Waals surface area (Å²) in [6.07, 6.45) is 7.88. The molecule has 0 N–H and O–H groups in total. The van der Waals surface area contributed by atoms with E-state index in [1.165, 1.54) is 11.1 Å². The number of hydrogen-bond donors (Lipinski definition) is 0. The highest BCUT2D eigenvalue weighted by molar-refractivity contribution is 5.49. The van der Waals surface area contributed by atoms with E-state index in [2.05, 4.69) is 32.9 Å². The Labute approximate surface area is 75.2 Å². The van der Waals surface area contributed by atoms with E-state index in [0.29, 0.717) is 6.42 Å². The van der Waals surface area contributed by atoms with Gasteiger partial charge in [0.2, 0.25) is 0 Å². The van der Waals surface area contributed by atoms with Crippen LogP contribution in [0.1, 0.15) is 40.0 Å². The van der Waals surface area contributed by atoms with Crippen LogP contribution in [0.2, 0.25) is 0 Å². The van der Waals surface area contributed by atoms with E-state index in [0.717, 1.165) is 19.1 Å². The highest BCUT2D eigenvalue weighted by atomic mass is 16.1. The maximum absolute atomic E-state index is 10.1. The van der Waals surface area contributed by atoms with Gasteiger partial charge in [-0.2, -0.15) is 0 Å². The fourth-order valence-corrected chi connectivity index (χ4v) is 0.884. The topological polar surface area (TPSA) is 17.1 Å². The van der Waals surface area contributed by atoms with Crippen molar-refractivity contribution in [3.63, 3.8) is 0 Å². The summed E-state index contributed by atoms with van der Waals surface area (Å²) in [5.74, 6) is 0. The zero-order valence-corrected chi connectivity index (χ0v) is 8.26. The summed E-state index contributed by atoms with van der Waals surface area (Å²) in [7, 11) is 0. The van der Waals surface area contributed by atoms with Gasteiger partial charge in [-0.3, -0.25) is 0 Å². The van der Waals surface area contributed by atoms with E-state index >= 15 is 0 Å². The van der Waals surface area contributed by atoms with E-state index in [1.807, 2.05) is 0 Å². The zero-order chi connectivity index (χ0) is 9.40. The van der Waals surface area contributed by atoms with Crippen molar-refractivity contribution < 1.29 is 4.79 Å². The van der Waals surface area contributed by atoms with Crippen molar-refractivity contribution in [1.82, 2.24) is 0 Å². The van der Waals surface area contributed by atoms with Crippen LogP contribution in [-0.2, 0) is 4.79 Å². The molecule has 0 amide bonds. The lowest BCUT2D eigenvalue weighted by atomic mass is 10.1. The Hall–Kier alpha value is -0.850. The van der Waals surface area contributed by atoms with Gasteiger partial charge in [-0.15, -0.1) is 0 Å². The number of aldehydes is 1. The SMILES string of the molecule is CC(C)=CCC=C(C)CCC=O. The van der Waals surface area contributed by atoms with E-state index in [-0.39, 0.29) is 0 Å². The lowest BCUT2D eigenvalue weighted by Gasteiger charge is -1.95. The van der Waals surface area contributed by atoms with Gasteiger partial charge < -0.3 is 4.79 Å². The van der Waals surface area contributed by atoms with Crippen molar-refractivity contribution in [1.29, 1.82) is 0 Å². The predicted octanol–water partition coefficient (Wildman–Crippen LogP) is 3.27. The summed E-state index contributed by atoms with van der Waals surface area (Å²) in [6, 6.07) is 0. The molecule has 1 heteroatoms. The first-order valence-electron chi connectivity index (χ1n) is 4.39. The van der Waals surface area contributed by atoms with Crippen molar-refractivity contribution in [2.75, 3.05) is 0 Å². The van der Waals surface area contributed by atoms with E-state index < -0.39 is 0 Å². The minimum atomic E-state index is 0.650. The van der Waals surface area contributed by atoms with Crippen molar-refractivity contribution in [3.05, 3.63) is 23.3 Å². The molecule has 68 valence electrons. The molecule has 0 aromatic heterocycles. The smallest absolute Gasteiger partial charge is 0.120 e. The van der Waals surface area contributed by atoms with E-state index in [9.17, 15) is 4.79 Å².